The molecule has 0 aliphatic heterocycles. The molecule has 1 nitrogen and oxygen atoms in total. The van der Waals surface area contributed by atoms with E-state index in [4.69, 9.17) is 16.3 Å². The van der Waals surface area contributed by atoms with Crippen LogP contribution < -0.4 is 0 Å². The molecule has 0 saturated carbocycles. The van der Waals surface area contributed by atoms with E-state index in [9.17, 15) is 0 Å². The number of rotatable bonds is 5. The Labute approximate surface area is 91.0 Å². The van der Waals surface area contributed by atoms with E-state index in [1.165, 1.54) is 5.56 Å². The third kappa shape index (κ3) is 3.00. The Morgan fingerprint density at radius 1 is 1.29 bits per heavy atom. The summed E-state index contributed by atoms with van der Waals surface area (Å²) in [6.07, 6.45) is 0.963. The van der Waals surface area contributed by atoms with Crippen LogP contribution in [0.4, 0.5) is 0 Å². The molecule has 2 atom stereocenters. The van der Waals surface area contributed by atoms with E-state index in [0.717, 1.165) is 6.42 Å². The fourth-order valence-electron chi connectivity index (χ4n) is 1.57. The van der Waals surface area contributed by atoms with Crippen LogP contribution in [0.25, 0.3) is 0 Å². The van der Waals surface area contributed by atoms with Crippen LogP contribution in [0, 0.1) is 0 Å². The van der Waals surface area contributed by atoms with E-state index in [1.807, 2.05) is 18.2 Å². The van der Waals surface area contributed by atoms with Gasteiger partial charge in [-0.1, -0.05) is 37.3 Å². The molecule has 78 valence electrons. The zero-order valence-corrected chi connectivity index (χ0v) is 9.50. The van der Waals surface area contributed by atoms with Crippen LogP contribution in [0.5, 0.6) is 0 Å². The molecular weight excluding hydrogens is 196 g/mol. The highest BCUT2D eigenvalue weighted by atomic mass is 35.5. The molecule has 2 heteroatoms. The number of benzene rings is 1. The van der Waals surface area contributed by atoms with Crippen molar-refractivity contribution in [3.8, 4) is 0 Å². The minimum absolute atomic E-state index is 0.150. The van der Waals surface area contributed by atoms with Crippen molar-refractivity contribution < 1.29 is 4.74 Å². The van der Waals surface area contributed by atoms with Gasteiger partial charge < -0.3 is 4.74 Å². The van der Waals surface area contributed by atoms with Crippen molar-refractivity contribution in [2.24, 2.45) is 0 Å². The van der Waals surface area contributed by atoms with Crippen molar-refractivity contribution in [2.75, 3.05) is 13.7 Å². The summed E-state index contributed by atoms with van der Waals surface area (Å²) in [7, 11) is 1.72. The first kappa shape index (κ1) is 11.5. The van der Waals surface area contributed by atoms with E-state index in [2.05, 4.69) is 19.1 Å². The Bertz CT molecular complexity index is 248. The van der Waals surface area contributed by atoms with E-state index in [1.54, 1.807) is 7.11 Å². The molecule has 0 aromatic heterocycles. The minimum Gasteiger partial charge on any atom is -0.384 e. The first-order valence-electron chi connectivity index (χ1n) is 4.97. The standard InChI is InChI=1S/C12H17ClO/c1-3-12(13)11(9-14-2)10-7-5-4-6-8-10/h4-8,11-12H,3,9H2,1-2H3. The Hall–Kier alpha value is -0.530. The molecule has 1 aromatic rings. The molecule has 0 radical (unpaired) electrons. The van der Waals surface area contributed by atoms with E-state index < -0.39 is 0 Å². The molecule has 1 rings (SSSR count). The number of methoxy groups -OCH3 is 1. The largest absolute Gasteiger partial charge is 0.384 e. The molecule has 0 bridgehead atoms. The van der Waals surface area contributed by atoms with E-state index >= 15 is 0 Å². The fraction of sp³-hybridized carbons (Fsp3) is 0.500. The molecule has 1 aromatic carbocycles. The second kappa shape index (κ2) is 6.05. The monoisotopic (exact) mass is 212 g/mol. The normalized spacial score (nSPS) is 15.1. The van der Waals surface area contributed by atoms with Crippen molar-refractivity contribution in [1.29, 1.82) is 0 Å². The van der Waals surface area contributed by atoms with Gasteiger partial charge in [-0.2, -0.15) is 0 Å². The highest BCUT2D eigenvalue weighted by molar-refractivity contribution is 6.21. The lowest BCUT2D eigenvalue weighted by molar-refractivity contribution is 0.176. The lowest BCUT2D eigenvalue weighted by atomic mass is 9.95. The SMILES string of the molecule is CCC(Cl)C(COC)c1ccccc1. The van der Waals surface area contributed by atoms with Gasteiger partial charge in [0.05, 0.1) is 6.61 Å². The molecule has 2 unspecified atom stereocenters. The first-order chi connectivity index (χ1) is 6.79. The second-order valence-electron chi connectivity index (χ2n) is 3.40. The maximum atomic E-state index is 6.26. The van der Waals surface area contributed by atoms with Gasteiger partial charge in [0.2, 0.25) is 0 Å². The molecule has 0 amide bonds. The van der Waals surface area contributed by atoms with Crippen molar-refractivity contribution >= 4 is 11.6 Å². The number of hydrogen-bond donors (Lipinski definition) is 0. The molecule has 0 aliphatic carbocycles. The Balaban J connectivity index is 2.77. The third-order valence-electron chi connectivity index (χ3n) is 2.40. The summed E-state index contributed by atoms with van der Waals surface area (Å²) >= 11 is 6.26. The van der Waals surface area contributed by atoms with Crippen molar-refractivity contribution in [1.82, 2.24) is 0 Å². The molecule has 0 heterocycles. The summed E-state index contributed by atoms with van der Waals surface area (Å²) < 4.78 is 5.20. The highest BCUT2D eigenvalue weighted by Gasteiger charge is 2.19. The molecule has 14 heavy (non-hydrogen) atoms. The van der Waals surface area contributed by atoms with Gasteiger partial charge in [0.15, 0.2) is 0 Å². The van der Waals surface area contributed by atoms with Gasteiger partial charge in [0, 0.05) is 18.4 Å². The molecule has 0 aliphatic rings. The van der Waals surface area contributed by atoms with Gasteiger partial charge in [-0.3, -0.25) is 0 Å². The predicted octanol–water partition coefficient (Wildman–Crippen LogP) is 3.43. The zero-order valence-electron chi connectivity index (χ0n) is 8.74. The van der Waals surface area contributed by atoms with E-state index in [0.29, 0.717) is 12.5 Å². The van der Waals surface area contributed by atoms with Gasteiger partial charge in [0.1, 0.15) is 0 Å². The van der Waals surface area contributed by atoms with Crippen LogP contribution in [0.1, 0.15) is 24.8 Å². The van der Waals surface area contributed by atoms with Crippen LogP contribution in [0.2, 0.25) is 0 Å². The van der Waals surface area contributed by atoms with Crippen molar-refractivity contribution in [3.05, 3.63) is 35.9 Å². The Morgan fingerprint density at radius 3 is 2.43 bits per heavy atom. The van der Waals surface area contributed by atoms with Gasteiger partial charge in [-0.05, 0) is 12.0 Å². The lowest BCUT2D eigenvalue weighted by Crippen LogP contribution is -2.17. The first-order valence-corrected chi connectivity index (χ1v) is 5.41. The van der Waals surface area contributed by atoms with Gasteiger partial charge in [-0.15, -0.1) is 11.6 Å². The fourth-order valence-corrected chi connectivity index (χ4v) is 1.79. The van der Waals surface area contributed by atoms with Crippen molar-refractivity contribution in [2.45, 2.75) is 24.6 Å². The third-order valence-corrected chi connectivity index (χ3v) is 3.01. The highest BCUT2D eigenvalue weighted by Crippen LogP contribution is 2.25. The minimum atomic E-state index is 0.150. The topological polar surface area (TPSA) is 9.23 Å². The lowest BCUT2D eigenvalue weighted by Gasteiger charge is -2.20. The molecule has 0 spiro atoms. The molecular formula is C12H17ClO. The zero-order chi connectivity index (χ0) is 10.4. The quantitative estimate of drug-likeness (QED) is 0.680. The van der Waals surface area contributed by atoms with Crippen LogP contribution >= 0.6 is 11.6 Å². The summed E-state index contributed by atoms with van der Waals surface area (Å²) in [5, 5.41) is 0.150. The Morgan fingerprint density at radius 2 is 1.93 bits per heavy atom. The number of hydrogen-bond acceptors (Lipinski definition) is 1. The van der Waals surface area contributed by atoms with E-state index in [-0.39, 0.29) is 5.38 Å². The molecule has 0 N–H and O–H groups in total. The van der Waals surface area contributed by atoms with Crippen LogP contribution in [0.3, 0.4) is 0 Å². The number of ether oxygens (including phenoxy) is 1. The van der Waals surface area contributed by atoms with Gasteiger partial charge in [0.25, 0.3) is 0 Å². The maximum absolute atomic E-state index is 6.26. The van der Waals surface area contributed by atoms with Crippen LogP contribution in [0.15, 0.2) is 30.3 Å². The molecule has 0 fully saturated rings. The van der Waals surface area contributed by atoms with Gasteiger partial charge >= 0.3 is 0 Å². The number of halogens is 1. The second-order valence-corrected chi connectivity index (χ2v) is 3.96. The number of alkyl halides is 1. The summed E-state index contributed by atoms with van der Waals surface area (Å²) in [6, 6.07) is 10.3. The smallest absolute Gasteiger partial charge is 0.0545 e. The predicted molar refractivity (Wildman–Crippen MR) is 61.0 cm³/mol. The van der Waals surface area contributed by atoms with Gasteiger partial charge in [-0.25, -0.2) is 0 Å². The van der Waals surface area contributed by atoms with Crippen LogP contribution in [-0.4, -0.2) is 19.1 Å². The summed E-state index contributed by atoms with van der Waals surface area (Å²) in [6.45, 7) is 2.79. The molecule has 0 saturated heterocycles. The summed E-state index contributed by atoms with van der Waals surface area (Å²) in [5.41, 5.74) is 1.26. The van der Waals surface area contributed by atoms with Crippen molar-refractivity contribution in [3.63, 3.8) is 0 Å². The average molecular weight is 213 g/mol. The summed E-state index contributed by atoms with van der Waals surface area (Å²) in [5.74, 6) is 0.299. The Kier molecular flexibility index (Phi) is 4.99. The summed E-state index contributed by atoms with van der Waals surface area (Å²) in [4.78, 5) is 0. The maximum Gasteiger partial charge on any atom is 0.0545 e. The van der Waals surface area contributed by atoms with Crippen LogP contribution in [-0.2, 0) is 4.74 Å². The average Bonchev–Trinajstić information content (AvgIpc) is 2.26.